The van der Waals surface area contributed by atoms with Gasteiger partial charge >= 0.3 is 5.97 Å². The van der Waals surface area contributed by atoms with Gasteiger partial charge in [-0.1, -0.05) is 36.4 Å². The van der Waals surface area contributed by atoms with Gasteiger partial charge in [0.05, 0.1) is 5.56 Å². The Bertz CT molecular complexity index is 686. The van der Waals surface area contributed by atoms with Crippen molar-refractivity contribution in [1.82, 2.24) is 0 Å². The Balaban J connectivity index is 2.27. The molecule has 1 aliphatic rings. The summed E-state index contributed by atoms with van der Waals surface area (Å²) < 4.78 is 0. The molecule has 94 valence electrons. The number of hydrogen-bond acceptors (Lipinski definition) is 2. The van der Waals surface area contributed by atoms with Crippen LogP contribution in [0.5, 0.6) is 0 Å². The summed E-state index contributed by atoms with van der Waals surface area (Å²) in [4.78, 5) is 23.9. The van der Waals surface area contributed by atoms with Crippen LogP contribution < -0.4 is 0 Å². The highest BCUT2D eigenvalue weighted by atomic mass is 16.4. The summed E-state index contributed by atoms with van der Waals surface area (Å²) in [6.07, 6.45) is 1.46. The molecule has 3 heteroatoms. The van der Waals surface area contributed by atoms with Crippen molar-refractivity contribution in [2.75, 3.05) is 0 Å². The number of ketones is 1. The molecular weight excluding hydrogens is 240 g/mol. The molecule has 0 aromatic heterocycles. The van der Waals surface area contributed by atoms with Crippen molar-refractivity contribution < 1.29 is 14.7 Å². The van der Waals surface area contributed by atoms with Crippen molar-refractivity contribution in [2.24, 2.45) is 0 Å². The highest BCUT2D eigenvalue weighted by Gasteiger charge is 2.25. The SMILES string of the molecule is O=C(O)c1cccc2c1C(=O)c1ccccc1CC2. The van der Waals surface area contributed by atoms with Crippen LogP contribution in [0.25, 0.3) is 0 Å². The van der Waals surface area contributed by atoms with E-state index in [1.807, 2.05) is 24.3 Å². The first-order valence-electron chi connectivity index (χ1n) is 6.16. The number of benzene rings is 2. The summed E-state index contributed by atoms with van der Waals surface area (Å²) in [5, 5.41) is 9.25. The van der Waals surface area contributed by atoms with Crippen LogP contribution >= 0.6 is 0 Å². The van der Waals surface area contributed by atoms with Gasteiger partial charge in [-0.15, -0.1) is 0 Å². The van der Waals surface area contributed by atoms with Crippen molar-refractivity contribution in [1.29, 1.82) is 0 Å². The molecular formula is C16H12O3. The fourth-order valence-corrected chi connectivity index (χ4v) is 2.62. The lowest BCUT2D eigenvalue weighted by Gasteiger charge is -2.08. The molecule has 0 heterocycles. The quantitative estimate of drug-likeness (QED) is 0.849. The van der Waals surface area contributed by atoms with Gasteiger partial charge in [-0.2, -0.15) is 0 Å². The summed E-state index contributed by atoms with van der Waals surface area (Å²) in [5.74, 6) is -1.23. The maximum absolute atomic E-state index is 12.6. The van der Waals surface area contributed by atoms with Crippen LogP contribution in [0.1, 0.15) is 37.4 Å². The molecule has 0 amide bonds. The van der Waals surface area contributed by atoms with Crippen LogP contribution in [-0.4, -0.2) is 16.9 Å². The van der Waals surface area contributed by atoms with Crippen LogP contribution in [0.15, 0.2) is 42.5 Å². The molecule has 0 saturated heterocycles. The molecule has 0 aliphatic heterocycles. The lowest BCUT2D eigenvalue weighted by molar-refractivity contribution is 0.0692. The summed E-state index contributed by atoms with van der Waals surface area (Å²) in [6.45, 7) is 0. The Kier molecular flexibility index (Phi) is 2.67. The number of rotatable bonds is 1. The second-order valence-corrected chi connectivity index (χ2v) is 4.63. The van der Waals surface area contributed by atoms with Gasteiger partial charge in [0, 0.05) is 11.1 Å². The van der Waals surface area contributed by atoms with E-state index in [9.17, 15) is 14.7 Å². The monoisotopic (exact) mass is 252 g/mol. The molecule has 1 aliphatic carbocycles. The van der Waals surface area contributed by atoms with Gasteiger partial charge in [-0.25, -0.2) is 4.79 Å². The molecule has 3 nitrogen and oxygen atoms in total. The first-order chi connectivity index (χ1) is 9.18. The lowest BCUT2D eigenvalue weighted by atomic mass is 9.94. The highest BCUT2D eigenvalue weighted by Crippen LogP contribution is 2.26. The molecule has 0 atom stereocenters. The fourth-order valence-electron chi connectivity index (χ4n) is 2.62. The van der Waals surface area contributed by atoms with Gasteiger partial charge in [0.1, 0.15) is 0 Å². The number of carbonyl (C=O) groups is 2. The van der Waals surface area contributed by atoms with Crippen LogP contribution in [0.3, 0.4) is 0 Å². The van der Waals surface area contributed by atoms with Gasteiger partial charge in [-0.3, -0.25) is 4.79 Å². The number of aromatic carboxylic acids is 1. The molecule has 0 spiro atoms. The second kappa shape index (κ2) is 4.35. The summed E-state index contributed by atoms with van der Waals surface area (Å²) in [7, 11) is 0. The van der Waals surface area contributed by atoms with Gasteiger partial charge in [0.25, 0.3) is 0 Å². The molecule has 0 radical (unpaired) electrons. The zero-order chi connectivity index (χ0) is 13.4. The predicted molar refractivity (Wildman–Crippen MR) is 70.7 cm³/mol. The third kappa shape index (κ3) is 1.83. The van der Waals surface area contributed by atoms with E-state index in [4.69, 9.17) is 0 Å². The van der Waals surface area contributed by atoms with E-state index in [-0.39, 0.29) is 11.3 Å². The Morgan fingerprint density at radius 2 is 1.63 bits per heavy atom. The summed E-state index contributed by atoms with van der Waals surface area (Å²) in [5.41, 5.74) is 2.87. The minimum absolute atomic E-state index is 0.0965. The third-order valence-electron chi connectivity index (χ3n) is 3.53. The maximum atomic E-state index is 12.6. The number of aryl methyl sites for hydroxylation is 2. The van der Waals surface area contributed by atoms with E-state index >= 15 is 0 Å². The van der Waals surface area contributed by atoms with E-state index in [1.165, 1.54) is 6.07 Å². The van der Waals surface area contributed by atoms with Gasteiger partial charge in [-0.05, 0) is 30.0 Å². The van der Waals surface area contributed by atoms with Crippen LogP contribution in [0, 0.1) is 0 Å². The number of carboxylic acids is 1. The fraction of sp³-hybridized carbons (Fsp3) is 0.125. The van der Waals surface area contributed by atoms with E-state index in [1.54, 1.807) is 12.1 Å². The topological polar surface area (TPSA) is 54.4 Å². The minimum atomic E-state index is -1.05. The van der Waals surface area contributed by atoms with Crippen LogP contribution in [0.2, 0.25) is 0 Å². The highest BCUT2D eigenvalue weighted by molar-refractivity contribution is 6.16. The largest absolute Gasteiger partial charge is 0.478 e. The average molecular weight is 252 g/mol. The van der Waals surface area contributed by atoms with E-state index < -0.39 is 5.97 Å². The molecule has 19 heavy (non-hydrogen) atoms. The molecule has 0 bridgehead atoms. The predicted octanol–water partition coefficient (Wildman–Crippen LogP) is 2.71. The third-order valence-corrected chi connectivity index (χ3v) is 3.53. The molecule has 2 aromatic rings. The normalized spacial score (nSPS) is 13.4. The summed E-state index contributed by atoms with van der Waals surface area (Å²) in [6, 6.07) is 12.4. The summed E-state index contributed by atoms with van der Waals surface area (Å²) >= 11 is 0. The van der Waals surface area contributed by atoms with Crippen molar-refractivity contribution in [3.63, 3.8) is 0 Å². The number of fused-ring (bicyclic) bond motifs is 2. The Morgan fingerprint density at radius 3 is 2.42 bits per heavy atom. The van der Waals surface area contributed by atoms with Crippen molar-refractivity contribution in [3.05, 3.63) is 70.3 Å². The zero-order valence-electron chi connectivity index (χ0n) is 10.2. The smallest absolute Gasteiger partial charge is 0.336 e. The number of hydrogen-bond donors (Lipinski definition) is 1. The Labute approximate surface area is 110 Å². The molecule has 0 saturated carbocycles. The van der Waals surface area contributed by atoms with E-state index in [0.717, 1.165) is 17.5 Å². The Morgan fingerprint density at radius 1 is 0.947 bits per heavy atom. The molecule has 2 aromatic carbocycles. The molecule has 0 unspecified atom stereocenters. The van der Waals surface area contributed by atoms with Crippen molar-refractivity contribution in [3.8, 4) is 0 Å². The standard InChI is InChI=1S/C16H12O3/c17-15-12-6-2-1-4-10(12)8-9-11-5-3-7-13(14(11)15)16(18)19/h1-7H,8-9H2,(H,18,19). The lowest BCUT2D eigenvalue weighted by Crippen LogP contribution is -2.11. The van der Waals surface area contributed by atoms with Crippen LogP contribution in [0.4, 0.5) is 0 Å². The first kappa shape index (κ1) is 11.7. The Hall–Kier alpha value is -2.42. The van der Waals surface area contributed by atoms with Gasteiger partial charge in [0.2, 0.25) is 0 Å². The zero-order valence-corrected chi connectivity index (χ0v) is 10.2. The van der Waals surface area contributed by atoms with E-state index in [2.05, 4.69) is 0 Å². The molecule has 3 rings (SSSR count). The van der Waals surface area contributed by atoms with Crippen molar-refractivity contribution in [2.45, 2.75) is 12.8 Å². The molecule has 1 N–H and O–H groups in total. The number of carboxylic acid groups (broad SMARTS) is 1. The maximum Gasteiger partial charge on any atom is 0.336 e. The van der Waals surface area contributed by atoms with Gasteiger partial charge < -0.3 is 5.11 Å². The average Bonchev–Trinajstić information content (AvgIpc) is 2.57. The van der Waals surface area contributed by atoms with Crippen LogP contribution in [-0.2, 0) is 12.8 Å². The van der Waals surface area contributed by atoms with Crippen molar-refractivity contribution >= 4 is 11.8 Å². The van der Waals surface area contributed by atoms with Gasteiger partial charge in [0.15, 0.2) is 5.78 Å². The second-order valence-electron chi connectivity index (χ2n) is 4.63. The first-order valence-corrected chi connectivity index (χ1v) is 6.16. The number of carbonyl (C=O) groups excluding carboxylic acids is 1. The minimum Gasteiger partial charge on any atom is -0.478 e. The van der Waals surface area contributed by atoms with E-state index in [0.29, 0.717) is 17.5 Å². The molecule has 0 fully saturated rings.